The van der Waals surface area contributed by atoms with Gasteiger partial charge in [0, 0.05) is 0 Å². The average molecular weight is 214 g/mol. The Hall–Kier alpha value is -1.49. The van der Waals surface area contributed by atoms with Crippen LogP contribution in [-0.2, 0) is 4.79 Å². The summed E-state index contributed by atoms with van der Waals surface area (Å²) in [5, 5.41) is 2.07. The second-order valence-electron chi connectivity index (χ2n) is 3.02. The van der Waals surface area contributed by atoms with Crippen LogP contribution in [0, 0.1) is 0 Å². The molecule has 0 saturated carbocycles. The molecule has 0 aliphatic carbocycles. The van der Waals surface area contributed by atoms with E-state index < -0.39 is 24.9 Å². The van der Waals surface area contributed by atoms with E-state index in [4.69, 9.17) is 5.73 Å². The highest BCUT2D eigenvalue weighted by molar-refractivity contribution is 5.82. The third kappa shape index (κ3) is 3.63. The summed E-state index contributed by atoms with van der Waals surface area (Å²) in [6.45, 7) is -0.667. The van der Waals surface area contributed by atoms with E-state index in [0.717, 1.165) is 0 Å². The molecular weight excluding hydrogens is 202 g/mol. The van der Waals surface area contributed by atoms with Crippen molar-refractivity contribution in [1.82, 2.24) is 5.32 Å². The van der Waals surface area contributed by atoms with Crippen LogP contribution in [0.1, 0.15) is 11.6 Å². The van der Waals surface area contributed by atoms with Crippen molar-refractivity contribution in [3.8, 4) is 0 Å². The highest BCUT2D eigenvalue weighted by Crippen LogP contribution is 2.09. The molecule has 0 bridgehead atoms. The van der Waals surface area contributed by atoms with E-state index in [0.29, 0.717) is 5.56 Å². The minimum Gasteiger partial charge on any atom is -0.349 e. The first-order chi connectivity index (χ1) is 7.11. The predicted molar refractivity (Wildman–Crippen MR) is 52.4 cm³/mol. The Kier molecular flexibility index (Phi) is 4.17. The molecule has 0 aliphatic heterocycles. The van der Waals surface area contributed by atoms with Crippen molar-refractivity contribution in [2.45, 2.75) is 12.5 Å². The van der Waals surface area contributed by atoms with Crippen LogP contribution in [0.15, 0.2) is 30.3 Å². The van der Waals surface area contributed by atoms with E-state index >= 15 is 0 Å². The molecule has 0 aromatic heterocycles. The lowest BCUT2D eigenvalue weighted by molar-refractivity contribution is -0.123. The first kappa shape index (κ1) is 11.6. The monoisotopic (exact) mass is 214 g/mol. The van der Waals surface area contributed by atoms with Crippen LogP contribution < -0.4 is 11.1 Å². The molecule has 1 atom stereocenters. The van der Waals surface area contributed by atoms with Gasteiger partial charge in [0.05, 0.1) is 6.54 Å². The van der Waals surface area contributed by atoms with Crippen LogP contribution in [-0.4, -0.2) is 18.9 Å². The van der Waals surface area contributed by atoms with Crippen molar-refractivity contribution in [3.63, 3.8) is 0 Å². The van der Waals surface area contributed by atoms with Gasteiger partial charge in [-0.3, -0.25) is 4.79 Å². The summed E-state index contributed by atoms with van der Waals surface area (Å²) in [6.07, 6.45) is -2.56. The number of rotatable bonds is 4. The summed E-state index contributed by atoms with van der Waals surface area (Å²) in [4.78, 5) is 11.3. The van der Waals surface area contributed by atoms with Crippen LogP contribution in [0.25, 0.3) is 0 Å². The second-order valence-corrected chi connectivity index (χ2v) is 3.02. The molecule has 82 valence electrons. The number of hydrogen-bond acceptors (Lipinski definition) is 2. The molecule has 0 aliphatic rings. The zero-order valence-electron chi connectivity index (χ0n) is 7.99. The maximum Gasteiger partial charge on any atom is 0.255 e. The maximum atomic E-state index is 11.8. The van der Waals surface area contributed by atoms with E-state index in [1.165, 1.54) is 0 Å². The second kappa shape index (κ2) is 5.41. The van der Waals surface area contributed by atoms with Crippen molar-refractivity contribution < 1.29 is 13.6 Å². The summed E-state index contributed by atoms with van der Waals surface area (Å²) in [5.74, 6) is -0.596. The largest absolute Gasteiger partial charge is 0.349 e. The molecule has 5 heteroatoms. The number of nitrogens with two attached hydrogens (primary N) is 1. The molecular formula is C10H12F2N2O. The lowest BCUT2D eigenvalue weighted by Gasteiger charge is -2.11. The fraction of sp³-hybridized carbons (Fsp3) is 0.300. The fourth-order valence-electron chi connectivity index (χ4n) is 1.10. The average Bonchev–Trinajstić information content (AvgIpc) is 2.26. The van der Waals surface area contributed by atoms with Crippen LogP contribution in [0.5, 0.6) is 0 Å². The quantitative estimate of drug-likeness (QED) is 0.787. The van der Waals surface area contributed by atoms with Crippen molar-refractivity contribution in [2.24, 2.45) is 5.73 Å². The predicted octanol–water partition coefficient (Wildman–Crippen LogP) is 1.07. The van der Waals surface area contributed by atoms with Gasteiger partial charge in [-0.25, -0.2) is 8.78 Å². The number of amides is 1. The molecule has 3 N–H and O–H groups in total. The summed E-state index contributed by atoms with van der Waals surface area (Å²) in [5.41, 5.74) is 6.17. The maximum absolute atomic E-state index is 11.8. The molecule has 1 aromatic carbocycles. The fourth-order valence-corrected chi connectivity index (χ4v) is 1.10. The van der Waals surface area contributed by atoms with Gasteiger partial charge in [0.25, 0.3) is 6.43 Å². The first-order valence-corrected chi connectivity index (χ1v) is 4.47. The Bertz CT molecular complexity index is 316. The van der Waals surface area contributed by atoms with Crippen LogP contribution in [0.2, 0.25) is 0 Å². The summed E-state index contributed by atoms with van der Waals surface area (Å²) < 4.78 is 23.6. The number of hydrogen-bond donors (Lipinski definition) is 2. The Balaban J connectivity index is 2.54. The van der Waals surface area contributed by atoms with E-state index in [2.05, 4.69) is 5.32 Å². The molecule has 0 saturated heterocycles. The first-order valence-electron chi connectivity index (χ1n) is 4.47. The van der Waals surface area contributed by atoms with Gasteiger partial charge in [0.15, 0.2) is 0 Å². The third-order valence-electron chi connectivity index (χ3n) is 1.87. The highest BCUT2D eigenvalue weighted by atomic mass is 19.3. The summed E-state index contributed by atoms with van der Waals surface area (Å²) >= 11 is 0. The van der Waals surface area contributed by atoms with Gasteiger partial charge < -0.3 is 11.1 Å². The number of alkyl halides is 2. The molecule has 1 aromatic rings. The van der Waals surface area contributed by atoms with Gasteiger partial charge in [-0.05, 0) is 5.56 Å². The lowest BCUT2D eigenvalue weighted by atomic mass is 10.1. The van der Waals surface area contributed by atoms with Crippen molar-refractivity contribution >= 4 is 5.91 Å². The van der Waals surface area contributed by atoms with Crippen LogP contribution >= 0.6 is 0 Å². The molecule has 1 amide bonds. The van der Waals surface area contributed by atoms with E-state index in [1.807, 2.05) is 0 Å². The van der Waals surface area contributed by atoms with E-state index in [-0.39, 0.29) is 0 Å². The number of carbonyl (C=O) groups is 1. The standard InChI is InChI=1S/C10H12F2N2O/c11-8(12)6-14-10(15)9(13)7-4-2-1-3-5-7/h1-5,8-9H,6,13H2,(H,14,15)/t9-/m1/s1. The summed E-state index contributed by atoms with van der Waals surface area (Å²) in [7, 11) is 0. The van der Waals surface area contributed by atoms with Crippen LogP contribution in [0.3, 0.4) is 0 Å². The SMILES string of the molecule is N[C@@H](C(=O)NCC(F)F)c1ccccc1. The zero-order chi connectivity index (χ0) is 11.3. The topological polar surface area (TPSA) is 55.1 Å². The van der Waals surface area contributed by atoms with E-state index in [1.54, 1.807) is 30.3 Å². The van der Waals surface area contributed by atoms with E-state index in [9.17, 15) is 13.6 Å². The van der Waals surface area contributed by atoms with Crippen molar-refractivity contribution in [3.05, 3.63) is 35.9 Å². The number of halogens is 2. The van der Waals surface area contributed by atoms with Crippen molar-refractivity contribution in [1.29, 1.82) is 0 Å². The number of nitrogens with one attached hydrogen (secondary N) is 1. The van der Waals surface area contributed by atoms with Crippen LogP contribution in [0.4, 0.5) is 8.78 Å². The molecule has 0 spiro atoms. The number of benzene rings is 1. The molecule has 1 rings (SSSR count). The molecule has 0 heterocycles. The zero-order valence-corrected chi connectivity index (χ0v) is 7.99. The van der Waals surface area contributed by atoms with Gasteiger partial charge in [-0.1, -0.05) is 30.3 Å². The minimum absolute atomic E-state index is 0.596. The minimum atomic E-state index is -2.56. The Morgan fingerprint density at radius 1 is 1.33 bits per heavy atom. The van der Waals surface area contributed by atoms with Gasteiger partial charge in [-0.15, -0.1) is 0 Å². The lowest BCUT2D eigenvalue weighted by Crippen LogP contribution is -2.36. The molecule has 0 radical (unpaired) electrons. The Morgan fingerprint density at radius 3 is 2.47 bits per heavy atom. The normalized spacial score (nSPS) is 12.5. The Labute approximate surface area is 86.3 Å². The molecule has 3 nitrogen and oxygen atoms in total. The van der Waals surface area contributed by atoms with Gasteiger partial charge in [0.2, 0.25) is 5.91 Å². The summed E-state index contributed by atoms with van der Waals surface area (Å²) in [6, 6.07) is 7.70. The third-order valence-corrected chi connectivity index (χ3v) is 1.87. The Morgan fingerprint density at radius 2 is 1.93 bits per heavy atom. The number of carbonyl (C=O) groups excluding carboxylic acids is 1. The molecule has 0 fully saturated rings. The van der Waals surface area contributed by atoms with Gasteiger partial charge >= 0.3 is 0 Å². The highest BCUT2D eigenvalue weighted by Gasteiger charge is 2.16. The van der Waals surface area contributed by atoms with Crippen molar-refractivity contribution in [2.75, 3.05) is 6.54 Å². The smallest absolute Gasteiger partial charge is 0.255 e. The molecule has 0 unspecified atom stereocenters. The van der Waals surface area contributed by atoms with Gasteiger partial charge in [-0.2, -0.15) is 0 Å². The molecule has 15 heavy (non-hydrogen) atoms. The van der Waals surface area contributed by atoms with Gasteiger partial charge in [0.1, 0.15) is 6.04 Å².